The normalized spacial score (nSPS) is 11.6. The third kappa shape index (κ3) is 12.1. The summed E-state index contributed by atoms with van der Waals surface area (Å²) in [5.74, 6) is 0. The van der Waals surface area contributed by atoms with Gasteiger partial charge in [0.25, 0.3) is 0 Å². The molecule has 18 heavy (non-hydrogen) atoms. The topological polar surface area (TPSA) is 46.2 Å². The number of sulfonamides is 1. The summed E-state index contributed by atoms with van der Waals surface area (Å²) in [7, 11) is -3.22. The highest BCUT2D eigenvalue weighted by Gasteiger charge is 2.01. The van der Waals surface area contributed by atoms with Crippen LogP contribution in [0, 0.1) is 0 Å². The van der Waals surface area contributed by atoms with Crippen molar-refractivity contribution in [3.8, 4) is 0 Å². The van der Waals surface area contributed by atoms with E-state index in [0.29, 0.717) is 6.54 Å². The quantitative estimate of drug-likeness (QED) is 0.517. The monoisotopic (exact) mass is 275 g/mol. The minimum Gasteiger partial charge on any atom is -0.212 e. The SMILES string of the molecule is C=CS(=O)(=O)NCCCCCCCCCCCC. The van der Waals surface area contributed by atoms with Gasteiger partial charge in [-0.3, -0.25) is 0 Å². The van der Waals surface area contributed by atoms with E-state index in [9.17, 15) is 8.42 Å². The van der Waals surface area contributed by atoms with Gasteiger partial charge < -0.3 is 0 Å². The Morgan fingerprint density at radius 1 is 0.889 bits per heavy atom. The van der Waals surface area contributed by atoms with E-state index in [1.54, 1.807) is 0 Å². The molecule has 0 heterocycles. The molecule has 4 heteroatoms. The Balaban J connectivity index is 3.15. The molecule has 0 saturated carbocycles. The van der Waals surface area contributed by atoms with Gasteiger partial charge in [0.15, 0.2) is 0 Å². The number of nitrogens with one attached hydrogen (secondary N) is 1. The summed E-state index contributed by atoms with van der Waals surface area (Å²) in [4.78, 5) is 0. The maximum absolute atomic E-state index is 11.0. The lowest BCUT2D eigenvalue weighted by Crippen LogP contribution is -2.21. The van der Waals surface area contributed by atoms with E-state index in [1.807, 2.05) is 0 Å². The van der Waals surface area contributed by atoms with E-state index in [-0.39, 0.29) is 0 Å². The van der Waals surface area contributed by atoms with Crippen LogP contribution in [-0.2, 0) is 10.0 Å². The number of rotatable bonds is 13. The lowest BCUT2D eigenvalue weighted by molar-refractivity contribution is 0.551. The summed E-state index contributed by atoms with van der Waals surface area (Å²) in [6, 6.07) is 0. The number of unbranched alkanes of at least 4 members (excludes halogenated alkanes) is 9. The van der Waals surface area contributed by atoms with Gasteiger partial charge in [0.2, 0.25) is 10.0 Å². The van der Waals surface area contributed by atoms with Crippen molar-refractivity contribution in [2.24, 2.45) is 0 Å². The lowest BCUT2D eigenvalue weighted by Gasteiger charge is -2.03. The van der Waals surface area contributed by atoms with Gasteiger partial charge in [0.05, 0.1) is 0 Å². The van der Waals surface area contributed by atoms with E-state index in [4.69, 9.17) is 0 Å². The molecule has 3 nitrogen and oxygen atoms in total. The Morgan fingerprint density at radius 3 is 1.78 bits per heavy atom. The molecule has 0 unspecified atom stereocenters. The van der Waals surface area contributed by atoms with Crippen LogP contribution in [0.3, 0.4) is 0 Å². The predicted molar refractivity (Wildman–Crippen MR) is 79.0 cm³/mol. The Hall–Kier alpha value is -0.350. The molecule has 0 aromatic heterocycles. The molecule has 0 aromatic rings. The van der Waals surface area contributed by atoms with Crippen molar-refractivity contribution in [1.29, 1.82) is 0 Å². The van der Waals surface area contributed by atoms with Crippen LogP contribution in [0.15, 0.2) is 12.0 Å². The molecule has 108 valence electrons. The van der Waals surface area contributed by atoms with Crippen molar-refractivity contribution < 1.29 is 8.42 Å². The fourth-order valence-electron chi connectivity index (χ4n) is 1.89. The first kappa shape index (κ1) is 17.6. The van der Waals surface area contributed by atoms with Crippen LogP contribution in [0.5, 0.6) is 0 Å². The van der Waals surface area contributed by atoms with Crippen LogP contribution in [0.4, 0.5) is 0 Å². The van der Waals surface area contributed by atoms with Crippen LogP contribution in [0.25, 0.3) is 0 Å². The lowest BCUT2D eigenvalue weighted by atomic mass is 10.1. The van der Waals surface area contributed by atoms with Crippen LogP contribution in [0.2, 0.25) is 0 Å². The molecule has 0 fully saturated rings. The third-order valence-electron chi connectivity index (χ3n) is 3.05. The molecule has 0 saturated heterocycles. The molecule has 0 spiro atoms. The zero-order valence-corrected chi connectivity index (χ0v) is 12.6. The van der Waals surface area contributed by atoms with Crippen molar-refractivity contribution in [2.75, 3.05) is 6.54 Å². The summed E-state index contributed by atoms with van der Waals surface area (Å²) in [6.45, 7) is 6.02. The van der Waals surface area contributed by atoms with Gasteiger partial charge in [-0.15, -0.1) is 0 Å². The highest BCUT2D eigenvalue weighted by Crippen LogP contribution is 2.10. The van der Waals surface area contributed by atoms with Crippen molar-refractivity contribution in [1.82, 2.24) is 4.72 Å². The second kappa shape index (κ2) is 11.7. The van der Waals surface area contributed by atoms with E-state index in [1.165, 1.54) is 51.4 Å². The van der Waals surface area contributed by atoms with Crippen LogP contribution in [-0.4, -0.2) is 15.0 Å². The minimum absolute atomic E-state index is 0.533. The van der Waals surface area contributed by atoms with Gasteiger partial charge in [-0.05, 0) is 6.42 Å². The fourth-order valence-corrected chi connectivity index (χ4v) is 2.43. The van der Waals surface area contributed by atoms with Gasteiger partial charge in [0, 0.05) is 12.0 Å². The van der Waals surface area contributed by atoms with Gasteiger partial charge >= 0.3 is 0 Å². The molecular weight excluding hydrogens is 246 g/mol. The summed E-state index contributed by atoms with van der Waals surface area (Å²) in [6.07, 6.45) is 12.6. The Bertz CT molecular complexity index is 286. The van der Waals surface area contributed by atoms with Crippen LogP contribution < -0.4 is 4.72 Å². The molecule has 0 radical (unpaired) electrons. The summed E-state index contributed by atoms with van der Waals surface area (Å²) in [5.41, 5.74) is 0. The van der Waals surface area contributed by atoms with E-state index in [0.717, 1.165) is 18.2 Å². The van der Waals surface area contributed by atoms with E-state index in [2.05, 4.69) is 18.2 Å². The second-order valence-corrected chi connectivity index (χ2v) is 6.50. The van der Waals surface area contributed by atoms with Crippen molar-refractivity contribution >= 4 is 10.0 Å². The maximum atomic E-state index is 11.0. The fraction of sp³-hybridized carbons (Fsp3) is 0.857. The predicted octanol–water partition coefficient (Wildman–Crippen LogP) is 3.97. The van der Waals surface area contributed by atoms with Crippen molar-refractivity contribution in [3.05, 3.63) is 12.0 Å². The molecule has 0 aliphatic rings. The van der Waals surface area contributed by atoms with E-state index < -0.39 is 10.0 Å². The molecule has 1 N–H and O–H groups in total. The molecule has 0 aliphatic heterocycles. The first-order chi connectivity index (χ1) is 8.62. The van der Waals surface area contributed by atoms with Gasteiger partial charge in [0.1, 0.15) is 0 Å². The summed E-state index contributed by atoms with van der Waals surface area (Å²) >= 11 is 0. The molecular formula is C14H29NO2S. The Kier molecular flexibility index (Phi) is 11.5. The van der Waals surface area contributed by atoms with Gasteiger partial charge in [-0.1, -0.05) is 71.3 Å². The smallest absolute Gasteiger partial charge is 0.212 e. The highest BCUT2D eigenvalue weighted by molar-refractivity contribution is 7.92. The minimum atomic E-state index is -3.22. The maximum Gasteiger partial charge on any atom is 0.233 e. The molecule has 0 bridgehead atoms. The van der Waals surface area contributed by atoms with Gasteiger partial charge in [-0.25, -0.2) is 13.1 Å². The first-order valence-electron chi connectivity index (χ1n) is 7.24. The number of hydrogen-bond acceptors (Lipinski definition) is 2. The second-order valence-electron chi connectivity index (χ2n) is 4.79. The van der Waals surface area contributed by atoms with Gasteiger partial charge in [-0.2, -0.15) is 0 Å². The number of hydrogen-bond donors (Lipinski definition) is 1. The zero-order valence-electron chi connectivity index (χ0n) is 11.8. The molecule has 0 amide bonds. The van der Waals surface area contributed by atoms with Crippen LogP contribution in [0.1, 0.15) is 71.1 Å². The van der Waals surface area contributed by atoms with Crippen molar-refractivity contribution in [2.45, 2.75) is 71.1 Å². The van der Waals surface area contributed by atoms with Crippen molar-refractivity contribution in [3.63, 3.8) is 0 Å². The molecule has 0 aliphatic carbocycles. The molecule has 0 rings (SSSR count). The molecule has 0 atom stereocenters. The van der Waals surface area contributed by atoms with Crippen LogP contribution >= 0.6 is 0 Å². The average molecular weight is 275 g/mol. The zero-order chi connectivity index (χ0) is 13.7. The first-order valence-corrected chi connectivity index (χ1v) is 8.79. The summed E-state index contributed by atoms with van der Waals surface area (Å²) in [5, 5.41) is 0.962. The standard InChI is InChI=1S/C14H29NO2S/c1-3-5-6-7-8-9-10-11-12-13-14-15-18(16,17)4-2/h4,15H,2-3,5-14H2,1H3. The Labute approximate surface area is 113 Å². The third-order valence-corrected chi connectivity index (χ3v) is 4.10. The summed E-state index contributed by atoms with van der Waals surface area (Å²) < 4.78 is 24.5. The molecule has 0 aromatic carbocycles. The average Bonchev–Trinajstić information content (AvgIpc) is 2.36. The Morgan fingerprint density at radius 2 is 1.33 bits per heavy atom. The van der Waals surface area contributed by atoms with E-state index >= 15 is 0 Å². The highest BCUT2D eigenvalue weighted by atomic mass is 32.2. The largest absolute Gasteiger partial charge is 0.233 e.